The van der Waals surface area contributed by atoms with E-state index >= 15 is 0 Å². The van der Waals surface area contributed by atoms with E-state index in [4.69, 9.17) is 9.47 Å². The molecule has 0 saturated carbocycles. The molecule has 4 nitrogen and oxygen atoms in total. The van der Waals surface area contributed by atoms with Crippen molar-refractivity contribution < 1.29 is 9.47 Å². The Morgan fingerprint density at radius 1 is 0.821 bits per heavy atom. The van der Waals surface area contributed by atoms with Gasteiger partial charge < -0.3 is 9.47 Å². The first-order valence-electron chi connectivity index (χ1n) is 9.42. The van der Waals surface area contributed by atoms with Crippen molar-refractivity contribution in [3.8, 4) is 0 Å². The highest BCUT2D eigenvalue weighted by atomic mass is 32.2. The van der Waals surface area contributed by atoms with Gasteiger partial charge in [-0.3, -0.25) is 9.98 Å². The molecule has 0 aliphatic rings. The van der Waals surface area contributed by atoms with Gasteiger partial charge in [0.25, 0.3) is 0 Å². The van der Waals surface area contributed by atoms with Gasteiger partial charge in [0.15, 0.2) is 0 Å². The van der Waals surface area contributed by atoms with Gasteiger partial charge in [-0.05, 0) is 26.0 Å². The highest BCUT2D eigenvalue weighted by Crippen LogP contribution is 2.26. The predicted octanol–water partition coefficient (Wildman–Crippen LogP) is 5.08. The van der Waals surface area contributed by atoms with Crippen molar-refractivity contribution in [2.24, 2.45) is 9.98 Å². The van der Waals surface area contributed by atoms with E-state index < -0.39 is 0 Å². The highest BCUT2D eigenvalue weighted by Gasteiger charge is 2.05. The van der Waals surface area contributed by atoms with Crippen LogP contribution in [-0.2, 0) is 22.3 Å². The zero-order valence-electron chi connectivity index (χ0n) is 16.4. The number of rotatable bonds is 13. The maximum atomic E-state index is 5.40. The third-order valence-electron chi connectivity index (χ3n) is 3.80. The molecule has 0 radical (unpaired) electrons. The van der Waals surface area contributed by atoms with Crippen molar-refractivity contribution in [2.75, 3.05) is 39.5 Å². The third kappa shape index (κ3) is 8.39. The van der Waals surface area contributed by atoms with Crippen LogP contribution in [0.2, 0.25) is 0 Å². The van der Waals surface area contributed by atoms with Gasteiger partial charge in [-0.1, -0.05) is 0 Å². The first-order valence-corrected chi connectivity index (χ1v) is 11.9. The Labute approximate surface area is 186 Å². The maximum Gasteiger partial charge on any atom is 0.0658 e. The molecular formula is C20H28N2O2S4. The summed E-state index contributed by atoms with van der Waals surface area (Å²) in [4.78, 5) is 11.5. The van der Waals surface area contributed by atoms with Crippen LogP contribution in [0.1, 0.15) is 34.7 Å². The van der Waals surface area contributed by atoms with Crippen molar-refractivity contribution in [3.05, 3.63) is 33.0 Å². The molecular weight excluding hydrogens is 429 g/mol. The Hall–Kier alpha value is -0.640. The second-order valence-corrected chi connectivity index (χ2v) is 9.68. The molecule has 0 saturated heterocycles. The first-order chi connectivity index (χ1) is 13.6. The summed E-state index contributed by atoms with van der Waals surface area (Å²) in [7, 11) is 0. The fourth-order valence-electron chi connectivity index (χ4n) is 2.40. The molecule has 0 atom stereocenters. The number of hydrogen-bond acceptors (Lipinski definition) is 8. The monoisotopic (exact) mass is 456 g/mol. The molecule has 0 fully saturated rings. The second-order valence-electron chi connectivity index (χ2n) is 5.91. The van der Waals surface area contributed by atoms with E-state index in [9.17, 15) is 0 Å². The topological polar surface area (TPSA) is 43.2 Å². The average molecular weight is 457 g/mol. The van der Waals surface area contributed by atoms with Gasteiger partial charge in [0.2, 0.25) is 0 Å². The van der Waals surface area contributed by atoms with Gasteiger partial charge in [0.05, 0.1) is 34.7 Å². The van der Waals surface area contributed by atoms with Crippen LogP contribution in [0.4, 0.5) is 0 Å². The number of nitrogens with zero attached hydrogens (tertiary/aromatic N) is 2. The van der Waals surface area contributed by atoms with Crippen molar-refractivity contribution >= 4 is 60.4 Å². The van der Waals surface area contributed by atoms with E-state index in [1.54, 1.807) is 22.7 Å². The van der Waals surface area contributed by atoms with Crippen LogP contribution in [0, 0.1) is 0 Å². The minimum Gasteiger partial charge on any atom is -0.381 e. The van der Waals surface area contributed by atoms with Crippen LogP contribution in [0.5, 0.6) is 0 Å². The fourth-order valence-corrected chi connectivity index (χ4v) is 5.05. The van der Waals surface area contributed by atoms with Crippen LogP contribution in [0.3, 0.4) is 0 Å². The van der Waals surface area contributed by atoms with E-state index in [0.29, 0.717) is 13.1 Å². The summed E-state index contributed by atoms with van der Waals surface area (Å²) in [6.45, 7) is 8.32. The van der Waals surface area contributed by atoms with Crippen molar-refractivity contribution in [3.63, 3.8) is 0 Å². The molecule has 0 aromatic carbocycles. The van der Waals surface area contributed by atoms with Gasteiger partial charge >= 0.3 is 0 Å². The lowest BCUT2D eigenvalue weighted by molar-refractivity contribution is 0.151. The molecule has 2 rings (SSSR count). The largest absolute Gasteiger partial charge is 0.381 e. The molecule has 2 heterocycles. The average Bonchev–Trinajstić information content (AvgIpc) is 3.20. The Balaban J connectivity index is 1.76. The smallest absolute Gasteiger partial charge is 0.0658 e. The van der Waals surface area contributed by atoms with Gasteiger partial charge in [-0.25, -0.2) is 0 Å². The third-order valence-corrected chi connectivity index (χ3v) is 6.89. The van der Waals surface area contributed by atoms with Crippen LogP contribution in [0.15, 0.2) is 30.5 Å². The molecule has 0 bridgehead atoms. The lowest BCUT2D eigenvalue weighted by Gasteiger charge is -1.97. The molecule has 8 heteroatoms. The predicted molar refractivity (Wildman–Crippen MR) is 128 cm³/mol. The Kier molecular flexibility index (Phi) is 11.4. The van der Waals surface area contributed by atoms with Crippen LogP contribution in [-0.4, -0.2) is 51.9 Å². The minimum atomic E-state index is 0.650. The SMILES string of the molecule is CCOCCc1cc(C=NCCN=Cc2cc(CCOCC)sc2S)c(S)s1. The maximum absolute atomic E-state index is 5.40. The second kappa shape index (κ2) is 13.6. The molecule has 2 aromatic heterocycles. The number of thiol groups is 2. The van der Waals surface area contributed by atoms with E-state index in [0.717, 1.165) is 58.8 Å². The zero-order chi connectivity index (χ0) is 20.2. The van der Waals surface area contributed by atoms with Crippen LogP contribution in [0.25, 0.3) is 0 Å². The number of thiophene rings is 2. The van der Waals surface area contributed by atoms with Crippen LogP contribution < -0.4 is 0 Å². The highest BCUT2D eigenvalue weighted by molar-refractivity contribution is 7.83. The van der Waals surface area contributed by atoms with Crippen molar-refractivity contribution in [1.29, 1.82) is 0 Å². The molecule has 0 unspecified atom stereocenters. The van der Waals surface area contributed by atoms with E-state index in [2.05, 4.69) is 47.4 Å². The van der Waals surface area contributed by atoms with E-state index in [-0.39, 0.29) is 0 Å². The number of aliphatic imine (C=N–C) groups is 2. The molecule has 0 amide bonds. The summed E-state index contributed by atoms with van der Waals surface area (Å²) < 4.78 is 12.8. The number of ether oxygens (including phenoxy) is 2. The Bertz CT molecular complexity index is 704. The molecule has 0 spiro atoms. The molecule has 2 aromatic rings. The summed E-state index contributed by atoms with van der Waals surface area (Å²) in [5.41, 5.74) is 2.14. The molecule has 28 heavy (non-hydrogen) atoms. The molecule has 0 N–H and O–H groups in total. The van der Waals surface area contributed by atoms with E-state index in [1.165, 1.54) is 9.75 Å². The van der Waals surface area contributed by atoms with Gasteiger partial charge in [-0.15, -0.1) is 47.9 Å². The van der Waals surface area contributed by atoms with Gasteiger partial charge in [-0.2, -0.15) is 0 Å². The standard InChI is InChI=1S/C20H28N2O2S4/c1-3-23-9-5-17-11-15(19(25)27-17)13-21-7-8-22-14-16-12-18(28-20(16)26)6-10-24-4-2/h11-14,25-26H,3-10H2,1-2H3. The number of hydrogen-bond donors (Lipinski definition) is 2. The summed E-state index contributed by atoms with van der Waals surface area (Å²) in [5.74, 6) is 0. The summed E-state index contributed by atoms with van der Waals surface area (Å²) in [5, 5.41) is 0. The van der Waals surface area contributed by atoms with Crippen LogP contribution >= 0.6 is 47.9 Å². The molecule has 0 aliphatic carbocycles. The Morgan fingerprint density at radius 2 is 1.25 bits per heavy atom. The summed E-state index contributed by atoms with van der Waals surface area (Å²) >= 11 is 12.5. The quantitative estimate of drug-likeness (QED) is 0.251. The minimum absolute atomic E-state index is 0.650. The van der Waals surface area contributed by atoms with E-state index in [1.807, 2.05) is 26.3 Å². The summed E-state index contributed by atoms with van der Waals surface area (Å²) in [6.07, 6.45) is 5.62. The van der Waals surface area contributed by atoms with Gasteiger partial charge in [0, 0.05) is 59.4 Å². The summed E-state index contributed by atoms with van der Waals surface area (Å²) in [6, 6.07) is 4.28. The first kappa shape index (κ1) is 23.6. The fraction of sp³-hybridized carbons (Fsp3) is 0.500. The lowest BCUT2D eigenvalue weighted by atomic mass is 10.3. The van der Waals surface area contributed by atoms with Crippen molar-refractivity contribution in [2.45, 2.75) is 35.1 Å². The molecule has 0 aliphatic heterocycles. The lowest BCUT2D eigenvalue weighted by Crippen LogP contribution is -1.95. The Morgan fingerprint density at radius 3 is 1.64 bits per heavy atom. The van der Waals surface area contributed by atoms with Gasteiger partial charge in [0.1, 0.15) is 0 Å². The molecule has 154 valence electrons. The zero-order valence-corrected chi connectivity index (χ0v) is 19.8. The normalized spacial score (nSPS) is 12.0. The van der Waals surface area contributed by atoms with Crippen molar-refractivity contribution in [1.82, 2.24) is 0 Å².